The fourth-order valence-electron chi connectivity index (χ4n) is 2.34. The molecule has 0 aromatic heterocycles. The molecule has 0 saturated carbocycles. The third-order valence-electron chi connectivity index (χ3n) is 3.73. The van der Waals surface area contributed by atoms with Gasteiger partial charge in [0.15, 0.2) is 0 Å². The van der Waals surface area contributed by atoms with Crippen LogP contribution in [0.15, 0.2) is 42.5 Å². The van der Waals surface area contributed by atoms with Gasteiger partial charge in [0.05, 0.1) is 6.04 Å². The van der Waals surface area contributed by atoms with Crippen molar-refractivity contribution < 1.29 is 0 Å². The van der Waals surface area contributed by atoms with Gasteiger partial charge in [0.2, 0.25) is 0 Å². The van der Waals surface area contributed by atoms with Crippen LogP contribution >= 0.6 is 0 Å². The van der Waals surface area contributed by atoms with Gasteiger partial charge in [-0.15, -0.1) is 0 Å². The zero-order valence-electron chi connectivity index (χ0n) is 11.9. The zero-order chi connectivity index (χ0) is 13.8. The maximum atomic E-state index is 5.95. The molecule has 0 aliphatic heterocycles. The number of aryl methyl sites for hydroxylation is 2. The molecule has 19 heavy (non-hydrogen) atoms. The van der Waals surface area contributed by atoms with Gasteiger partial charge >= 0.3 is 0 Å². The third kappa shape index (κ3) is 2.96. The van der Waals surface area contributed by atoms with Gasteiger partial charge in [-0.1, -0.05) is 36.4 Å². The highest BCUT2D eigenvalue weighted by atomic mass is 14.9. The van der Waals surface area contributed by atoms with Crippen LogP contribution in [-0.2, 0) is 0 Å². The third-order valence-corrected chi connectivity index (χ3v) is 3.73. The Morgan fingerprint density at radius 3 is 2.32 bits per heavy atom. The summed E-state index contributed by atoms with van der Waals surface area (Å²) in [5.74, 6) is 0. The van der Waals surface area contributed by atoms with Crippen LogP contribution in [0.25, 0.3) is 0 Å². The van der Waals surface area contributed by atoms with Crippen LogP contribution in [0, 0.1) is 20.8 Å². The van der Waals surface area contributed by atoms with Gasteiger partial charge in [-0.2, -0.15) is 0 Å². The molecule has 0 radical (unpaired) electrons. The van der Waals surface area contributed by atoms with Gasteiger partial charge in [-0.25, -0.2) is 0 Å². The van der Waals surface area contributed by atoms with Crippen molar-refractivity contribution in [2.45, 2.75) is 26.8 Å². The maximum absolute atomic E-state index is 5.95. The van der Waals surface area contributed by atoms with Gasteiger partial charge in [-0.05, 0) is 49.1 Å². The van der Waals surface area contributed by atoms with Crippen molar-refractivity contribution >= 4 is 5.69 Å². The minimum Gasteiger partial charge on any atom is -0.377 e. The molecule has 2 aromatic carbocycles. The number of anilines is 1. The monoisotopic (exact) mass is 254 g/mol. The van der Waals surface area contributed by atoms with E-state index in [2.05, 4.69) is 68.6 Å². The highest BCUT2D eigenvalue weighted by Gasteiger charge is 2.12. The summed E-state index contributed by atoms with van der Waals surface area (Å²) in [6, 6.07) is 14.9. The van der Waals surface area contributed by atoms with Crippen molar-refractivity contribution in [3.05, 3.63) is 64.7 Å². The molecule has 0 saturated heterocycles. The molecule has 2 heteroatoms. The summed E-state index contributed by atoms with van der Waals surface area (Å²) in [5.41, 5.74) is 12.2. The lowest BCUT2D eigenvalue weighted by molar-refractivity contribution is 0.782. The van der Waals surface area contributed by atoms with Gasteiger partial charge in [0, 0.05) is 12.2 Å². The Morgan fingerprint density at radius 2 is 1.63 bits per heavy atom. The topological polar surface area (TPSA) is 38.0 Å². The number of nitrogens with two attached hydrogens (primary N) is 1. The molecule has 100 valence electrons. The van der Waals surface area contributed by atoms with E-state index in [1.165, 1.54) is 27.9 Å². The zero-order valence-corrected chi connectivity index (χ0v) is 11.9. The Bertz CT molecular complexity index is 561. The van der Waals surface area contributed by atoms with E-state index in [1.807, 2.05) is 0 Å². The summed E-state index contributed by atoms with van der Waals surface area (Å²) in [6.45, 7) is 6.98. The number of hydrogen-bond acceptors (Lipinski definition) is 2. The van der Waals surface area contributed by atoms with Crippen molar-refractivity contribution in [3.8, 4) is 0 Å². The van der Waals surface area contributed by atoms with E-state index in [-0.39, 0.29) is 6.04 Å². The van der Waals surface area contributed by atoms with E-state index in [0.717, 1.165) is 0 Å². The predicted octanol–water partition coefficient (Wildman–Crippen LogP) is 3.72. The molecule has 1 unspecified atom stereocenters. The van der Waals surface area contributed by atoms with E-state index in [0.29, 0.717) is 6.54 Å². The van der Waals surface area contributed by atoms with Crippen LogP contribution < -0.4 is 11.1 Å². The Labute approximate surface area is 115 Å². The average molecular weight is 254 g/mol. The van der Waals surface area contributed by atoms with Crippen LogP contribution in [0.3, 0.4) is 0 Å². The maximum Gasteiger partial charge on any atom is 0.0638 e. The molecule has 0 bridgehead atoms. The van der Waals surface area contributed by atoms with Gasteiger partial charge in [-0.3, -0.25) is 0 Å². The summed E-state index contributed by atoms with van der Waals surface area (Å²) < 4.78 is 0. The number of hydrogen-bond donors (Lipinski definition) is 2. The summed E-state index contributed by atoms with van der Waals surface area (Å²) in [4.78, 5) is 0. The van der Waals surface area contributed by atoms with Crippen LogP contribution in [0.1, 0.15) is 28.3 Å². The lowest BCUT2D eigenvalue weighted by Crippen LogP contribution is -2.22. The SMILES string of the molecule is Cc1ccccc1C(CN)Nc1cccc(C)c1C. The molecule has 2 aromatic rings. The van der Waals surface area contributed by atoms with Crippen LogP contribution in [0.4, 0.5) is 5.69 Å². The van der Waals surface area contributed by atoms with E-state index in [9.17, 15) is 0 Å². The first-order chi connectivity index (χ1) is 9.13. The van der Waals surface area contributed by atoms with Crippen molar-refractivity contribution in [1.29, 1.82) is 0 Å². The van der Waals surface area contributed by atoms with E-state index >= 15 is 0 Å². The molecule has 2 rings (SSSR count). The summed E-state index contributed by atoms with van der Waals surface area (Å²) in [7, 11) is 0. The van der Waals surface area contributed by atoms with Crippen molar-refractivity contribution in [1.82, 2.24) is 0 Å². The van der Waals surface area contributed by atoms with Crippen LogP contribution in [-0.4, -0.2) is 6.54 Å². The predicted molar refractivity (Wildman–Crippen MR) is 82.5 cm³/mol. The number of rotatable bonds is 4. The molecule has 0 fully saturated rings. The van der Waals surface area contributed by atoms with Crippen molar-refractivity contribution in [2.75, 3.05) is 11.9 Å². The second-order valence-electron chi connectivity index (χ2n) is 5.04. The summed E-state index contributed by atoms with van der Waals surface area (Å²) in [5, 5.41) is 3.57. The van der Waals surface area contributed by atoms with Crippen molar-refractivity contribution in [3.63, 3.8) is 0 Å². The Balaban J connectivity index is 2.30. The number of benzene rings is 2. The highest BCUT2D eigenvalue weighted by molar-refractivity contribution is 5.55. The first kappa shape index (κ1) is 13.6. The molecule has 3 N–H and O–H groups in total. The second kappa shape index (κ2) is 5.89. The Kier molecular flexibility index (Phi) is 4.23. The normalized spacial score (nSPS) is 12.2. The second-order valence-corrected chi connectivity index (χ2v) is 5.04. The fourth-order valence-corrected chi connectivity index (χ4v) is 2.34. The van der Waals surface area contributed by atoms with Gasteiger partial charge < -0.3 is 11.1 Å². The van der Waals surface area contributed by atoms with Gasteiger partial charge in [0.25, 0.3) is 0 Å². The van der Waals surface area contributed by atoms with E-state index < -0.39 is 0 Å². The standard InChI is InChI=1S/C17H22N2/c1-12-8-6-10-16(14(12)3)19-17(11-18)15-9-5-4-7-13(15)2/h4-10,17,19H,11,18H2,1-3H3. The fraction of sp³-hybridized carbons (Fsp3) is 0.294. The van der Waals surface area contributed by atoms with Crippen LogP contribution in [0.5, 0.6) is 0 Å². The van der Waals surface area contributed by atoms with E-state index in [4.69, 9.17) is 5.73 Å². The van der Waals surface area contributed by atoms with Gasteiger partial charge in [0.1, 0.15) is 0 Å². The lowest BCUT2D eigenvalue weighted by Gasteiger charge is -2.22. The smallest absolute Gasteiger partial charge is 0.0638 e. The minimum absolute atomic E-state index is 0.154. The molecule has 0 amide bonds. The quantitative estimate of drug-likeness (QED) is 0.872. The molecule has 2 nitrogen and oxygen atoms in total. The first-order valence-corrected chi connectivity index (χ1v) is 6.72. The average Bonchev–Trinajstić information content (AvgIpc) is 2.41. The molecule has 0 aliphatic carbocycles. The summed E-state index contributed by atoms with van der Waals surface area (Å²) in [6.07, 6.45) is 0. The molecular formula is C17H22N2. The molecule has 1 atom stereocenters. The lowest BCUT2D eigenvalue weighted by atomic mass is 10.00. The largest absolute Gasteiger partial charge is 0.377 e. The number of nitrogens with one attached hydrogen (secondary N) is 1. The summed E-state index contributed by atoms with van der Waals surface area (Å²) >= 11 is 0. The first-order valence-electron chi connectivity index (χ1n) is 6.72. The highest BCUT2D eigenvalue weighted by Crippen LogP contribution is 2.25. The molecular weight excluding hydrogens is 232 g/mol. The van der Waals surface area contributed by atoms with Crippen LogP contribution in [0.2, 0.25) is 0 Å². The Hall–Kier alpha value is -1.80. The van der Waals surface area contributed by atoms with E-state index in [1.54, 1.807) is 0 Å². The van der Waals surface area contributed by atoms with Crippen molar-refractivity contribution in [2.24, 2.45) is 5.73 Å². The molecule has 0 spiro atoms. The molecule has 0 aliphatic rings. The minimum atomic E-state index is 0.154. The molecule has 0 heterocycles. The Morgan fingerprint density at radius 1 is 0.947 bits per heavy atom.